The first-order valence-electron chi connectivity index (χ1n) is 15.0. The minimum Gasteiger partial charge on any atom is -0.392 e. The highest BCUT2D eigenvalue weighted by Gasteiger charge is 2.50. The fraction of sp³-hybridized carbons (Fsp3) is 0.419. The average molecular weight is 602 g/mol. The van der Waals surface area contributed by atoms with Crippen molar-refractivity contribution in [2.75, 3.05) is 29.9 Å². The van der Waals surface area contributed by atoms with E-state index in [0.29, 0.717) is 61.7 Å². The third-order valence-electron chi connectivity index (χ3n) is 9.10. The Hall–Kier alpha value is -4.65. The van der Waals surface area contributed by atoms with Gasteiger partial charge in [-0.15, -0.1) is 0 Å². The Bertz CT molecular complexity index is 1840. The van der Waals surface area contributed by atoms with Gasteiger partial charge in [-0.2, -0.15) is 9.67 Å². The first-order chi connectivity index (χ1) is 21.2. The summed E-state index contributed by atoms with van der Waals surface area (Å²) in [7, 11) is 1.64. The number of alkyl halides is 1. The maximum atomic E-state index is 15.6. The van der Waals surface area contributed by atoms with Crippen molar-refractivity contribution in [1.82, 2.24) is 24.2 Å². The van der Waals surface area contributed by atoms with E-state index in [4.69, 9.17) is 0 Å². The van der Waals surface area contributed by atoms with E-state index in [9.17, 15) is 19.5 Å². The Labute approximate surface area is 252 Å². The number of allylic oxidation sites excluding steroid dienone is 2. The number of fused-ring (bicyclic) bond motifs is 2. The van der Waals surface area contributed by atoms with Gasteiger partial charge in [-0.3, -0.25) is 24.0 Å². The Kier molecular flexibility index (Phi) is 6.91. The molecule has 2 amide bonds. The van der Waals surface area contributed by atoms with Gasteiger partial charge in [-0.05, 0) is 37.0 Å². The number of rotatable bonds is 5. The van der Waals surface area contributed by atoms with Crippen LogP contribution in [0.15, 0.2) is 46.7 Å². The molecule has 3 aromatic heterocycles. The van der Waals surface area contributed by atoms with Gasteiger partial charge < -0.3 is 19.9 Å². The van der Waals surface area contributed by atoms with Crippen LogP contribution in [-0.4, -0.2) is 77.2 Å². The zero-order valence-corrected chi connectivity index (χ0v) is 24.7. The average Bonchev–Trinajstić information content (AvgIpc) is 3.56. The van der Waals surface area contributed by atoms with Crippen LogP contribution < -0.4 is 15.8 Å². The normalized spacial score (nSPS) is 19.7. The fourth-order valence-electron chi connectivity index (χ4n) is 6.89. The van der Waals surface area contributed by atoms with Gasteiger partial charge in [0.25, 0.3) is 11.3 Å². The van der Waals surface area contributed by atoms with Crippen LogP contribution >= 0.6 is 0 Å². The minimum atomic E-state index is -1.42. The van der Waals surface area contributed by atoms with Crippen LogP contribution in [0.3, 0.4) is 0 Å². The molecule has 228 valence electrons. The molecule has 2 N–H and O–H groups in total. The van der Waals surface area contributed by atoms with E-state index in [0.717, 1.165) is 36.2 Å². The molecule has 6 heterocycles. The molecule has 44 heavy (non-hydrogen) atoms. The van der Waals surface area contributed by atoms with Gasteiger partial charge in [0.2, 0.25) is 12.1 Å². The van der Waals surface area contributed by atoms with Crippen LogP contribution in [0.1, 0.15) is 43.9 Å². The third kappa shape index (κ3) is 4.53. The zero-order valence-electron chi connectivity index (χ0n) is 24.7. The van der Waals surface area contributed by atoms with Crippen molar-refractivity contribution in [3.05, 3.63) is 63.5 Å². The minimum absolute atomic E-state index is 0.00403. The van der Waals surface area contributed by atoms with Gasteiger partial charge in [-0.25, -0.2) is 9.37 Å². The standard InChI is InChI=1S/C31H33FN8O4/c1-18(42)37-9-12-40-20(16-37)14-26(35-40)34-24-13-19(15-36(2)30(24)43)21-7-8-33-29(23(21)17-41)39-11-10-38-25-6-4-3-5-22(25)27(32)28(38)31(39)44/h7-8,13-15,27,41H,3-6,9-12,16-17H2,1-2H3/p+1. The van der Waals surface area contributed by atoms with Gasteiger partial charge in [0.05, 0.1) is 31.9 Å². The molecule has 0 aromatic carbocycles. The van der Waals surface area contributed by atoms with Crippen LogP contribution in [0.5, 0.6) is 0 Å². The quantitative estimate of drug-likeness (QED) is 0.429. The molecule has 0 saturated carbocycles. The number of amides is 2. The number of pyridine rings is 2. The summed E-state index contributed by atoms with van der Waals surface area (Å²) in [5, 5.41) is 18.3. The predicted molar refractivity (Wildman–Crippen MR) is 160 cm³/mol. The summed E-state index contributed by atoms with van der Waals surface area (Å²) >= 11 is 0. The Morgan fingerprint density at radius 3 is 2.80 bits per heavy atom. The summed E-state index contributed by atoms with van der Waals surface area (Å²) in [5.74, 6) is 0.314. The maximum absolute atomic E-state index is 15.6. The van der Waals surface area contributed by atoms with Crippen molar-refractivity contribution >= 4 is 34.8 Å². The molecule has 13 heteroatoms. The van der Waals surface area contributed by atoms with Gasteiger partial charge >= 0.3 is 5.91 Å². The number of nitrogens with zero attached hydrogens (tertiary/aromatic N) is 7. The van der Waals surface area contributed by atoms with E-state index in [2.05, 4.69) is 15.4 Å². The van der Waals surface area contributed by atoms with Crippen LogP contribution in [0.25, 0.3) is 11.1 Å². The van der Waals surface area contributed by atoms with E-state index in [1.54, 1.807) is 36.5 Å². The molecule has 3 aliphatic heterocycles. The van der Waals surface area contributed by atoms with Gasteiger partial charge in [0.15, 0.2) is 18.1 Å². The highest BCUT2D eigenvalue weighted by atomic mass is 19.1. The van der Waals surface area contributed by atoms with E-state index in [1.165, 1.54) is 16.4 Å². The molecule has 1 unspecified atom stereocenters. The van der Waals surface area contributed by atoms with Crippen molar-refractivity contribution in [2.45, 2.75) is 58.5 Å². The first kappa shape index (κ1) is 28.1. The highest BCUT2D eigenvalue weighted by molar-refractivity contribution is 6.44. The topological polar surface area (TPSA) is 129 Å². The molecule has 0 radical (unpaired) electrons. The maximum Gasteiger partial charge on any atom is 0.323 e. The molecule has 0 saturated heterocycles. The molecule has 0 fully saturated rings. The largest absolute Gasteiger partial charge is 0.392 e. The predicted octanol–water partition coefficient (Wildman–Crippen LogP) is 2.22. The SMILES string of the molecule is CC(=O)N1CCn2nc(Nc3cc(-c4ccnc(N5CC[N+]6=C(C5=O)C(F)C5=C6CCCC5)c4CO)cn(C)c3=O)cc2C1. The number of carbonyl (C=O) groups is 2. The van der Waals surface area contributed by atoms with Crippen LogP contribution in [0, 0.1) is 0 Å². The van der Waals surface area contributed by atoms with E-state index < -0.39 is 18.7 Å². The number of halogens is 1. The second-order valence-electron chi connectivity index (χ2n) is 11.7. The van der Waals surface area contributed by atoms with Crippen LogP contribution in [0.4, 0.5) is 21.7 Å². The molecular weight excluding hydrogens is 567 g/mol. The van der Waals surface area contributed by atoms with Crippen LogP contribution in [0.2, 0.25) is 0 Å². The lowest BCUT2D eigenvalue weighted by molar-refractivity contribution is -0.476. The number of aryl methyl sites for hydroxylation is 1. The van der Waals surface area contributed by atoms with E-state index >= 15 is 4.39 Å². The van der Waals surface area contributed by atoms with Crippen molar-refractivity contribution in [3.63, 3.8) is 0 Å². The number of carbonyl (C=O) groups excluding carboxylic acids is 2. The molecular formula is C31H34FN8O4+. The molecule has 1 atom stereocenters. The van der Waals surface area contributed by atoms with Crippen LogP contribution in [-0.2, 0) is 36.3 Å². The van der Waals surface area contributed by atoms with E-state index in [-0.39, 0.29) is 28.7 Å². The summed E-state index contributed by atoms with van der Waals surface area (Å²) in [4.78, 5) is 46.4. The Morgan fingerprint density at radius 2 is 2.00 bits per heavy atom. The van der Waals surface area contributed by atoms with Crippen molar-refractivity contribution in [3.8, 4) is 11.1 Å². The number of anilines is 3. The number of aliphatic hydroxyl groups is 1. The number of aromatic nitrogens is 4. The number of nitrogens with one attached hydrogen (secondary N) is 1. The molecule has 0 bridgehead atoms. The third-order valence-corrected chi connectivity index (χ3v) is 9.10. The summed E-state index contributed by atoms with van der Waals surface area (Å²) in [6.07, 6.45) is 5.16. The number of aliphatic hydroxyl groups excluding tert-OH is 1. The van der Waals surface area contributed by atoms with Gasteiger partial charge in [-0.1, -0.05) is 0 Å². The highest BCUT2D eigenvalue weighted by Crippen LogP contribution is 2.38. The second-order valence-corrected chi connectivity index (χ2v) is 11.7. The lowest BCUT2D eigenvalue weighted by Crippen LogP contribution is -2.50. The lowest BCUT2D eigenvalue weighted by atomic mass is 9.94. The summed E-state index contributed by atoms with van der Waals surface area (Å²) in [5.41, 5.74) is 4.30. The molecule has 0 spiro atoms. The second kappa shape index (κ2) is 10.8. The number of hydrogen-bond donors (Lipinski definition) is 2. The first-order valence-corrected chi connectivity index (χ1v) is 15.0. The van der Waals surface area contributed by atoms with Gasteiger partial charge in [0, 0.05) is 62.1 Å². The Balaban J connectivity index is 1.21. The molecule has 7 rings (SSSR count). The Morgan fingerprint density at radius 1 is 1.18 bits per heavy atom. The lowest BCUT2D eigenvalue weighted by Gasteiger charge is -2.27. The van der Waals surface area contributed by atoms with Gasteiger partial charge in [0.1, 0.15) is 11.5 Å². The molecule has 3 aromatic rings. The van der Waals surface area contributed by atoms with Crippen molar-refractivity contribution in [1.29, 1.82) is 0 Å². The number of hydrogen-bond acceptors (Lipinski definition) is 7. The van der Waals surface area contributed by atoms with E-state index in [1.807, 2.05) is 15.3 Å². The summed E-state index contributed by atoms with van der Waals surface area (Å²) < 4.78 is 20.7. The van der Waals surface area contributed by atoms with Crippen molar-refractivity contribution in [2.24, 2.45) is 7.05 Å². The molecule has 4 aliphatic rings. The molecule has 1 aliphatic carbocycles. The monoisotopic (exact) mass is 601 g/mol. The molecule has 12 nitrogen and oxygen atoms in total. The smallest absolute Gasteiger partial charge is 0.323 e. The fourth-order valence-corrected chi connectivity index (χ4v) is 6.89. The zero-order chi connectivity index (χ0) is 30.7. The summed E-state index contributed by atoms with van der Waals surface area (Å²) in [6.45, 7) is 3.46. The van der Waals surface area contributed by atoms with Crippen molar-refractivity contribution < 1.29 is 23.7 Å². The summed E-state index contributed by atoms with van der Waals surface area (Å²) in [6, 6.07) is 5.23.